The van der Waals surface area contributed by atoms with Crippen LogP contribution in [0.25, 0.3) is 0 Å². The van der Waals surface area contributed by atoms with E-state index in [1.807, 2.05) is 30.3 Å². The third kappa shape index (κ3) is 5.50. The molecule has 0 aliphatic heterocycles. The molecule has 5 heteroatoms. The standard InChI is InChI=1S/C19H20FNO3/c1-24-19(23)11-12-21(14-16-5-3-2-4-6-16)18(22)13-15-7-9-17(20)10-8-15/h2-10H,11-14H2,1H3. The summed E-state index contributed by atoms with van der Waals surface area (Å²) in [6.07, 6.45) is 0.298. The highest BCUT2D eigenvalue weighted by atomic mass is 19.1. The number of carbonyl (C=O) groups excluding carboxylic acids is 2. The Morgan fingerprint density at radius 3 is 2.29 bits per heavy atom. The molecule has 2 aromatic rings. The van der Waals surface area contributed by atoms with Gasteiger partial charge in [-0.2, -0.15) is 0 Å². The molecule has 0 N–H and O–H groups in total. The zero-order chi connectivity index (χ0) is 17.4. The summed E-state index contributed by atoms with van der Waals surface area (Å²) in [6, 6.07) is 15.4. The Bertz CT molecular complexity index is 671. The Morgan fingerprint density at radius 2 is 1.67 bits per heavy atom. The van der Waals surface area contributed by atoms with Crippen molar-refractivity contribution in [1.29, 1.82) is 0 Å². The molecule has 2 aromatic carbocycles. The maximum Gasteiger partial charge on any atom is 0.307 e. The first-order chi connectivity index (χ1) is 11.6. The molecule has 0 bridgehead atoms. The normalized spacial score (nSPS) is 10.2. The molecule has 0 heterocycles. The molecule has 0 fully saturated rings. The van der Waals surface area contributed by atoms with Crippen LogP contribution in [0.4, 0.5) is 4.39 Å². The van der Waals surface area contributed by atoms with Gasteiger partial charge >= 0.3 is 5.97 Å². The van der Waals surface area contributed by atoms with Crippen LogP contribution >= 0.6 is 0 Å². The molecule has 0 aromatic heterocycles. The SMILES string of the molecule is COC(=O)CCN(Cc1ccccc1)C(=O)Cc1ccc(F)cc1. The van der Waals surface area contributed by atoms with Crippen LogP contribution in [0.15, 0.2) is 54.6 Å². The molecule has 0 spiro atoms. The molecule has 2 rings (SSSR count). The largest absolute Gasteiger partial charge is 0.469 e. The van der Waals surface area contributed by atoms with Crippen molar-refractivity contribution in [2.24, 2.45) is 0 Å². The molecular formula is C19H20FNO3. The van der Waals surface area contributed by atoms with Gasteiger partial charge in [-0.25, -0.2) is 4.39 Å². The average Bonchev–Trinajstić information content (AvgIpc) is 2.61. The minimum atomic E-state index is -0.359. The smallest absolute Gasteiger partial charge is 0.307 e. The number of ether oxygens (including phenoxy) is 1. The van der Waals surface area contributed by atoms with Gasteiger partial charge in [0.1, 0.15) is 5.82 Å². The molecule has 126 valence electrons. The lowest BCUT2D eigenvalue weighted by atomic mass is 10.1. The molecule has 0 aliphatic rings. The average molecular weight is 329 g/mol. The molecule has 0 saturated heterocycles. The summed E-state index contributed by atoms with van der Waals surface area (Å²) < 4.78 is 17.6. The van der Waals surface area contributed by atoms with Crippen LogP contribution in [0, 0.1) is 5.82 Å². The minimum Gasteiger partial charge on any atom is -0.469 e. The zero-order valence-electron chi connectivity index (χ0n) is 13.6. The van der Waals surface area contributed by atoms with Crippen LogP contribution < -0.4 is 0 Å². The molecule has 0 saturated carbocycles. The molecule has 4 nitrogen and oxygen atoms in total. The molecular weight excluding hydrogens is 309 g/mol. The molecule has 0 radical (unpaired) electrons. The van der Waals surface area contributed by atoms with Crippen molar-refractivity contribution in [3.8, 4) is 0 Å². The van der Waals surface area contributed by atoms with E-state index in [1.54, 1.807) is 17.0 Å². The van der Waals surface area contributed by atoms with Gasteiger partial charge in [0.25, 0.3) is 0 Å². The monoisotopic (exact) mass is 329 g/mol. The number of amides is 1. The summed E-state index contributed by atoms with van der Waals surface area (Å²) in [4.78, 5) is 25.6. The van der Waals surface area contributed by atoms with E-state index in [9.17, 15) is 14.0 Å². The number of esters is 1. The lowest BCUT2D eigenvalue weighted by molar-refractivity contribution is -0.141. The summed E-state index contributed by atoms with van der Waals surface area (Å²) in [7, 11) is 1.32. The first-order valence-corrected chi connectivity index (χ1v) is 7.71. The number of hydrogen-bond donors (Lipinski definition) is 0. The highest BCUT2D eigenvalue weighted by Crippen LogP contribution is 2.10. The number of nitrogens with zero attached hydrogens (tertiary/aromatic N) is 1. The Balaban J connectivity index is 2.06. The first-order valence-electron chi connectivity index (χ1n) is 7.71. The van der Waals surface area contributed by atoms with Gasteiger partial charge < -0.3 is 9.64 Å². The third-order valence-electron chi connectivity index (χ3n) is 3.65. The summed E-state index contributed by atoms with van der Waals surface area (Å²) in [5, 5.41) is 0. The molecule has 0 aliphatic carbocycles. The van der Waals surface area contributed by atoms with Gasteiger partial charge in [0.05, 0.1) is 20.0 Å². The minimum absolute atomic E-state index is 0.116. The predicted molar refractivity (Wildman–Crippen MR) is 88.6 cm³/mol. The number of rotatable bonds is 7. The van der Waals surface area contributed by atoms with E-state index in [1.165, 1.54) is 19.2 Å². The van der Waals surface area contributed by atoms with Gasteiger partial charge in [-0.1, -0.05) is 42.5 Å². The first kappa shape index (κ1) is 17.7. The van der Waals surface area contributed by atoms with Crippen molar-refractivity contribution in [3.63, 3.8) is 0 Å². The molecule has 0 unspecified atom stereocenters. The summed E-state index contributed by atoms with van der Waals surface area (Å²) in [5.41, 5.74) is 1.72. The summed E-state index contributed by atoms with van der Waals surface area (Å²) in [5.74, 6) is -0.810. The van der Waals surface area contributed by atoms with Crippen LogP contribution in [0.1, 0.15) is 17.5 Å². The summed E-state index contributed by atoms with van der Waals surface area (Å²) >= 11 is 0. The van der Waals surface area contributed by atoms with Crippen molar-refractivity contribution >= 4 is 11.9 Å². The number of halogens is 1. The maximum absolute atomic E-state index is 13.0. The lowest BCUT2D eigenvalue weighted by Gasteiger charge is -2.22. The second kappa shape index (κ2) is 8.82. The zero-order valence-corrected chi connectivity index (χ0v) is 13.6. The van der Waals surface area contributed by atoms with Gasteiger partial charge in [0.2, 0.25) is 5.91 Å². The quantitative estimate of drug-likeness (QED) is 0.734. The van der Waals surface area contributed by atoms with Crippen molar-refractivity contribution in [3.05, 3.63) is 71.5 Å². The van der Waals surface area contributed by atoms with E-state index in [0.717, 1.165) is 11.1 Å². The van der Waals surface area contributed by atoms with E-state index in [0.29, 0.717) is 6.54 Å². The summed E-state index contributed by atoms with van der Waals surface area (Å²) in [6.45, 7) is 0.694. The lowest BCUT2D eigenvalue weighted by Crippen LogP contribution is -2.34. The van der Waals surface area contributed by atoms with E-state index in [4.69, 9.17) is 0 Å². The number of methoxy groups -OCH3 is 1. The number of carbonyl (C=O) groups is 2. The van der Waals surface area contributed by atoms with Crippen molar-refractivity contribution in [1.82, 2.24) is 4.90 Å². The van der Waals surface area contributed by atoms with Crippen LogP contribution in [0.5, 0.6) is 0 Å². The van der Waals surface area contributed by atoms with Gasteiger partial charge in [-0.15, -0.1) is 0 Å². The van der Waals surface area contributed by atoms with Gasteiger partial charge in [-0.05, 0) is 23.3 Å². The second-order valence-corrected chi connectivity index (χ2v) is 5.43. The fourth-order valence-electron chi connectivity index (χ4n) is 2.31. The van der Waals surface area contributed by atoms with E-state index < -0.39 is 0 Å². The van der Waals surface area contributed by atoms with Crippen molar-refractivity contribution in [2.75, 3.05) is 13.7 Å². The fraction of sp³-hybridized carbons (Fsp3) is 0.263. The van der Waals surface area contributed by atoms with Crippen molar-refractivity contribution in [2.45, 2.75) is 19.4 Å². The maximum atomic E-state index is 13.0. The van der Waals surface area contributed by atoms with Gasteiger partial charge in [-0.3, -0.25) is 9.59 Å². The molecule has 1 amide bonds. The third-order valence-corrected chi connectivity index (χ3v) is 3.65. The topological polar surface area (TPSA) is 46.6 Å². The van der Waals surface area contributed by atoms with Crippen LogP contribution in [0.2, 0.25) is 0 Å². The van der Waals surface area contributed by atoms with Gasteiger partial charge in [0.15, 0.2) is 0 Å². The Labute approximate surface area is 140 Å². The molecule has 0 atom stereocenters. The van der Waals surface area contributed by atoms with Crippen molar-refractivity contribution < 1.29 is 18.7 Å². The van der Waals surface area contributed by atoms with E-state index >= 15 is 0 Å². The highest BCUT2D eigenvalue weighted by Gasteiger charge is 2.16. The van der Waals surface area contributed by atoms with Crippen LogP contribution in [0.3, 0.4) is 0 Å². The van der Waals surface area contributed by atoms with E-state index in [2.05, 4.69) is 4.74 Å². The van der Waals surface area contributed by atoms with Crippen LogP contribution in [-0.2, 0) is 27.3 Å². The number of benzene rings is 2. The predicted octanol–water partition coefficient (Wildman–Crippen LogP) is 2.96. The van der Waals surface area contributed by atoms with E-state index in [-0.39, 0.29) is 37.1 Å². The Kier molecular flexibility index (Phi) is 6.49. The fourth-order valence-corrected chi connectivity index (χ4v) is 2.31. The van der Waals surface area contributed by atoms with Gasteiger partial charge in [0, 0.05) is 13.1 Å². The second-order valence-electron chi connectivity index (χ2n) is 5.43. The number of hydrogen-bond acceptors (Lipinski definition) is 3. The Morgan fingerprint density at radius 1 is 1.00 bits per heavy atom. The Hall–Kier alpha value is -2.69. The highest BCUT2D eigenvalue weighted by molar-refractivity contribution is 5.79. The molecule has 24 heavy (non-hydrogen) atoms. The van der Waals surface area contributed by atoms with Crippen LogP contribution in [-0.4, -0.2) is 30.4 Å².